The molecule has 1 saturated carbocycles. The molecule has 1 N–H and O–H groups in total. The Balaban J connectivity index is 1.99. The van der Waals surface area contributed by atoms with E-state index < -0.39 is 11.0 Å². The molecule has 2 aromatic carbocycles. The Morgan fingerprint density at radius 1 is 1.00 bits per heavy atom. The first-order valence-corrected chi connectivity index (χ1v) is 8.57. The molecule has 2 heteroatoms. The first kappa shape index (κ1) is 15.3. The SMILES string of the molecule is Cc1cccc(C2=C(c3ccccc3)C[C@]3(C)C(=O)CC[C@]23O)c1. The molecular weight excluding hydrogens is 296 g/mol. The van der Waals surface area contributed by atoms with E-state index in [1.807, 2.05) is 31.2 Å². The molecule has 122 valence electrons. The average molecular weight is 318 g/mol. The molecule has 0 aromatic heterocycles. The summed E-state index contributed by atoms with van der Waals surface area (Å²) in [6, 6.07) is 18.4. The summed E-state index contributed by atoms with van der Waals surface area (Å²) in [5.41, 5.74) is 3.58. The van der Waals surface area contributed by atoms with Crippen molar-refractivity contribution in [2.75, 3.05) is 0 Å². The fraction of sp³-hybridized carbons (Fsp3) is 0.318. The lowest BCUT2D eigenvalue weighted by atomic mass is 9.74. The van der Waals surface area contributed by atoms with Gasteiger partial charge in [0.2, 0.25) is 0 Å². The molecule has 0 spiro atoms. The number of hydrogen-bond acceptors (Lipinski definition) is 2. The van der Waals surface area contributed by atoms with Gasteiger partial charge in [0.1, 0.15) is 11.4 Å². The van der Waals surface area contributed by atoms with Crippen LogP contribution in [0.5, 0.6) is 0 Å². The molecule has 0 radical (unpaired) electrons. The maximum absolute atomic E-state index is 12.6. The highest BCUT2D eigenvalue weighted by atomic mass is 16.3. The van der Waals surface area contributed by atoms with Gasteiger partial charge in [-0.05, 0) is 49.0 Å². The van der Waals surface area contributed by atoms with E-state index >= 15 is 0 Å². The van der Waals surface area contributed by atoms with Crippen molar-refractivity contribution in [3.05, 3.63) is 71.3 Å². The van der Waals surface area contributed by atoms with E-state index in [4.69, 9.17) is 0 Å². The third kappa shape index (κ3) is 1.96. The molecule has 0 amide bonds. The summed E-state index contributed by atoms with van der Waals surface area (Å²) in [6.07, 6.45) is 1.59. The maximum atomic E-state index is 12.6. The van der Waals surface area contributed by atoms with Crippen LogP contribution < -0.4 is 0 Å². The van der Waals surface area contributed by atoms with E-state index in [-0.39, 0.29) is 5.78 Å². The third-order valence-corrected chi connectivity index (χ3v) is 5.92. The van der Waals surface area contributed by atoms with E-state index in [1.54, 1.807) is 0 Å². The van der Waals surface area contributed by atoms with Gasteiger partial charge in [-0.15, -0.1) is 0 Å². The maximum Gasteiger partial charge on any atom is 0.142 e. The van der Waals surface area contributed by atoms with Crippen LogP contribution in [0.15, 0.2) is 54.6 Å². The van der Waals surface area contributed by atoms with Crippen molar-refractivity contribution in [3.63, 3.8) is 0 Å². The highest BCUT2D eigenvalue weighted by Crippen LogP contribution is 2.62. The van der Waals surface area contributed by atoms with Crippen LogP contribution in [-0.4, -0.2) is 16.5 Å². The standard InChI is InChI=1S/C22H22O2/c1-15-7-6-10-17(13-15)20-18(16-8-4-3-5-9-16)14-21(2)19(23)11-12-22(20,21)24/h3-10,13,24H,11-12,14H2,1-2H3/t21-,22+/m1/s1. The number of carbonyl (C=O) groups excluding carboxylic acids is 1. The Bertz CT molecular complexity index is 849. The summed E-state index contributed by atoms with van der Waals surface area (Å²) in [4.78, 5) is 12.6. The Hall–Kier alpha value is -2.19. The van der Waals surface area contributed by atoms with Gasteiger partial charge in [0.15, 0.2) is 0 Å². The van der Waals surface area contributed by atoms with Crippen LogP contribution in [0.4, 0.5) is 0 Å². The highest BCUT2D eigenvalue weighted by molar-refractivity contribution is 6.06. The molecule has 24 heavy (non-hydrogen) atoms. The second kappa shape index (κ2) is 5.15. The number of ketones is 1. The van der Waals surface area contributed by atoms with Crippen LogP contribution in [-0.2, 0) is 4.79 Å². The lowest BCUT2D eigenvalue weighted by molar-refractivity contribution is -0.129. The summed E-state index contributed by atoms with van der Waals surface area (Å²) in [6.45, 7) is 4.00. The number of benzene rings is 2. The first-order chi connectivity index (χ1) is 11.5. The van der Waals surface area contributed by atoms with E-state index in [9.17, 15) is 9.90 Å². The zero-order valence-corrected chi connectivity index (χ0v) is 14.2. The first-order valence-electron chi connectivity index (χ1n) is 8.57. The molecule has 2 atom stereocenters. The zero-order valence-electron chi connectivity index (χ0n) is 14.2. The molecule has 2 nitrogen and oxygen atoms in total. The Labute approximate surface area is 142 Å². The predicted molar refractivity (Wildman–Crippen MR) is 96.3 cm³/mol. The number of fused-ring (bicyclic) bond motifs is 1. The molecule has 2 aliphatic rings. The fourth-order valence-corrected chi connectivity index (χ4v) is 4.51. The molecule has 0 bridgehead atoms. The molecule has 2 aliphatic carbocycles. The summed E-state index contributed by atoms with van der Waals surface area (Å²) in [5.74, 6) is 0.182. The van der Waals surface area contributed by atoms with Crippen LogP contribution in [0.25, 0.3) is 11.1 Å². The lowest BCUT2D eigenvalue weighted by Gasteiger charge is -2.34. The van der Waals surface area contributed by atoms with E-state index in [1.165, 1.54) is 0 Å². The molecular formula is C22H22O2. The van der Waals surface area contributed by atoms with Gasteiger partial charge in [0, 0.05) is 6.42 Å². The Morgan fingerprint density at radius 3 is 2.42 bits per heavy atom. The summed E-state index contributed by atoms with van der Waals surface area (Å²) >= 11 is 0. The number of aryl methyl sites for hydroxylation is 1. The van der Waals surface area contributed by atoms with Crippen molar-refractivity contribution in [2.45, 2.75) is 38.7 Å². The van der Waals surface area contributed by atoms with Crippen molar-refractivity contribution in [3.8, 4) is 0 Å². The van der Waals surface area contributed by atoms with Gasteiger partial charge in [0.05, 0.1) is 5.41 Å². The number of hydrogen-bond donors (Lipinski definition) is 1. The van der Waals surface area contributed by atoms with Crippen LogP contribution in [0.2, 0.25) is 0 Å². The van der Waals surface area contributed by atoms with Crippen molar-refractivity contribution >= 4 is 16.9 Å². The third-order valence-electron chi connectivity index (χ3n) is 5.92. The number of rotatable bonds is 2. The van der Waals surface area contributed by atoms with Gasteiger partial charge in [-0.1, -0.05) is 60.2 Å². The number of Topliss-reactive ketones (excluding diaryl/α,β-unsaturated/α-hetero) is 1. The average Bonchev–Trinajstić information content (AvgIpc) is 2.95. The number of carbonyl (C=O) groups is 1. The molecule has 4 rings (SSSR count). The lowest BCUT2D eigenvalue weighted by Crippen LogP contribution is -2.42. The molecule has 0 saturated heterocycles. The van der Waals surface area contributed by atoms with Gasteiger partial charge in [-0.2, -0.15) is 0 Å². The fourth-order valence-electron chi connectivity index (χ4n) is 4.51. The van der Waals surface area contributed by atoms with Gasteiger partial charge in [0.25, 0.3) is 0 Å². The van der Waals surface area contributed by atoms with E-state index in [2.05, 4.69) is 37.3 Å². The Morgan fingerprint density at radius 2 is 1.71 bits per heavy atom. The van der Waals surface area contributed by atoms with Crippen molar-refractivity contribution in [2.24, 2.45) is 5.41 Å². The smallest absolute Gasteiger partial charge is 0.142 e. The molecule has 0 unspecified atom stereocenters. The van der Waals surface area contributed by atoms with Gasteiger partial charge in [-0.3, -0.25) is 4.79 Å². The van der Waals surface area contributed by atoms with Gasteiger partial charge < -0.3 is 5.11 Å². The number of aliphatic hydroxyl groups is 1. The summed E-state index contributed by atoms with van der Waals surface area (Å²) in [5, 5.41) is 11.6. The largest absolute Gasteiger partial charge is 0.384 e. The van der Waals surface area contributed by atoms with Crippen LogP contribution in [0.1, 0.15) is 42.9 Å². The highest BCUT2D eigenvalue weighted by Gasteiger charge is 2.63. The zero-order chi connectivity index (χ0) is 16.9. The van der Waals surface area contributed by atoms with Crippen molar-refractivity contribution < 1.29 is 9.90 Å². The minimum absolute atomic E-state index is 0.182. The van der Waals surface area contributed by atoms with Gasteiger partial charge in [-0.25, -0.2) is 0 Å². The summed E-state index contributed by atoms with van der Waals surface area (Å²) < 4.78 is 0. The van der Waals surface area contributed by atoms with Crippen LogP contribution >= 0.6 is 0 Å². The topological polar surface area (TPSA) is 37.3 Å². The molecule has 0 heterocycles. The molecule has 0 aliphatic heterocycles. The summed E-state index contributed by atoms with van der Waals surface area (Å²) in [7, 11) is 0. The monoisotopic (exact) mass is 318 g/mol. The minimum Gasteiger partial charge on any atom is -0.384 e. The second-order valence-electron chi connectivity index (χ2n) is 7.38. The molecule has 2 aromatic rings. The normalized spacial score (nSPS) is 29.2. The molecule has 1 fully saturated rings. The van der Waals surface area contributed by atoms with Crippen molar-refractivity contribution in [1.82, 2.24) is 0 Å². The van der Waals surface area contributed by atoms with Crippen LogP contribution in [0, 0.1) is 12.3 Å². The number of allylic oxidation sites excluding steroid dienone is 1. The minimum atomic E-state index is -1.07. The second-order valence-corrected chi connectivity index (χ2v) is 7.38. The quantitative estimate of drug-likeness (QED) is 0.890. The van der Waals surface area contributed by atoms with E-state index in [0.29, 0.717) is 19.3 Å². The van der Waals surface area contributed by atoms with Gasteiger partial charge >= 0.3 is 0 Å². The van der Waals surface area contributed by atoms with E-state index in [0.717, 1.165) is 27.8 Å². The van der Waals surface area contributed by atoms with Crippen LogP contribution in [0.3, 0.4) is 0 Å². The Kier molecular flexibility index (Phi) is 3.29. The van der Waals surface area contributed by atoms with Crippen molar-refractivity contribution in [1.29, 1.82) is 0 Å². The predicted octanol–water partition coefficient (Wildman–Crippen LogP) is 4.41.